The number of thiophene rings is 2. The van der Waals surface area contributed by atoms with Crippen LogP contribution in [-0.4, -0.2) is 61.2 Å². The number of alkyl carbamates (subject to hydrolysis) is 1. The lowest BCUT2D eigenvalue weighted by atomic mass is 10.0. The third-order valence-electron chi connectivity index (χ3n) is 7.23. The molecule has 240 valence electrons. The molecular weight excluding hydrogens is 764 g/mol. The van der Waals surface area contributed by atoms with Gasteiger partial charge in [-0.3, -0.25) is 15.3 Å². The number of aliphatic imine (C=N–C) groups is 2. The van der Waals surface area contributed by atoms with E-state index < -0.39 is 51.9 Å². The average molecular weight is 803 g/mol. The van der Waals surface area contributed by atoms with Gasteiger partial charge in [-0.05, 0) is 106 Å². The topological polar surface area (TPSA) is 157 Å². The number of nitrogens with one attached hydrogen (secondary N) is 1. The number of sulfone groups is 2. The Morgan fingerprint density at radius 2 is 1.28 bits per heavy atom. The van der Waals surface area contributed by atoms with Crippen molar-refractivity contribution in [2.45, 2.75) is 88.5 Å². The van der Waals surface area contributed by atoms with Crippen molar-refractivity contribution in [3.05, 3.63) is 41.6 Å². The Morgan fingerprint density at radius 1 is 0.860 bits per heavy atom. The second-order valence-corrected chi connectivity index (χ2v) is 21.7. The minimum Gasteiger partial charge on any atom is -0.444 e. The van der Waals surface area contributed by atoms with Gasteiger partial charge in [-0.1, -0.05) is 0 Å². The highest BCUT2D eigenvalue weighted by atomic mass is 79.9. The normalized spacial score (nSPS) is 27.1. The summed E-state index contributed by atoms with van der Waals surface area (Å²) in [6, 6.07) is 3.75. The first-order valence-electron chi connectivity index (χ1n) is 13.1. The number of rotatable bonds is 2. The number of carbonyl (C=O) groups excluding carboxylic acids is 1. The van der Waals surface area contributed by atoms with Crippen molar-refractivity contribution in [1.82, 2.24) is 5.32 Å². The van der Waals surface area contributed by atoms with Gasteiger partial charge < -0.3 is 10.5 Å². The third kappa shape index (κ3) is 7.56. The van der Waals surface area contributed by atoms with Crippen LogP contribution in [0.15, 0.2) is 41.8 Å². The lowest BCUT2D eigenvalue weighted by molar-refractivity contribution is 0.0560. The Hall–Kier alpha value is -1.33. The van der Waals surface area contributed by atoms with Gasteiger partial charge in [0.15, 0.2) is 19.7 Å². The fraction of sp³-hybridized carbons (Fsp3) is 0.593. The van der Waals surface area contributed by atoms with Crippen LogP contribution in [0.25, 0.3) is 0 Å². The molecule has 0 unspecified atom stereocenters. The summed E-state index contributed by atoms with van der Waals surface area (Å²) in [5.74, 6) is 0.140. The molecule has 3 N–H and O–H groups in total. The molecule has 0 aliphatic carbocycles. The summed E-state index contributed by atoms with van der Waals surface area (Å²) in [6.07, 6.45) is -0.717. The molecule has 2 aromatic rings. The van der Waals surface area contributed by atoms with E-state index in [2.05, 4.69) is 47.2 Å². The molecule has 1 amide bonds. The number of nitrogens with zero attached hydrogens (tertiary/aromatic N) is 2. The predicted molar refractivity (Wildman–Crippen MR) is 183 cm³/mol. The van der Waals surface area contributed by atoms with E-state index in [0.717, 1.165) is 18.7 Å². The van der Waals surface area contributed by atoms with Crippen molar-refractivity contribution in [3.8, 4) is 0 Å². The summed E-state index contributed by atoms with van der Waals surface area (Å²) in [4.78, 5) is 23.0. The Labute approximate surface area is 279 Å². The molecule has 43 heavy (non-hydrogen) atoms. The largest absolute Gasteiger partial charge is 0.444 e. The molecule has 0 saturated heterocycles. The number of carbonyl (C=O) groups is 1. The van der Waals surface area contributed by atoms with Crippen LogP contribution in [0.3, 0.4) is 0 Å². The maximum atomic E-state index is 12.9. The molecule has 0 saturated carbocycles. The van der Waals surface area contributed by atoms with Crippen molar-refractivity contribution in [2.24, 2.45) is 15.7 Å². The molecule has 0 bridgehead atoms. The van der Waals surface area contributed by atoms with E-state index in [-0.39, 0.29) is 23.2 Å². The summed E-state index contributed by atoms with van der Waals surface area (Å²) in [5, 5.41) is 6.35. The molecule has 2 aliphatic rings. The van der Waals surface area contributed by atoms with Crippen molar-refractivity contribution >= 4 is 92.0 Å². The molecule has 4 rings (SSSR count). The Balaban J connectivity index is 0.000000248. The van der Waals surface area contributed by atoms with Gasteiger partial charge >= 0.3 is 6.09 Å². The minimum absolute atomic E-state index is 0.0132. The van der Waals surface area contributed by atoms with Gasteiger partial charge in [0.1, 0.15) is 37.8 Å². The van der Waals surface area contributed by atoms with Crippen LogP contribution < -0.4 is 11.1 Å². The number of halogens is 2. The van der Waals surface area contributed by atoms with Gasteiger partial charge in [0.2, 0.25) is 0 Å². The highest BCUT2D eigenvalue weighted by Crippen LogP contribution is 2.41. The molecule has 2 atom stereocenters. The van der Waals surface area contributed by atoms with E-state index >= 15 is 0 Å². The fourth-order valence-corrected chi connectivity index (χ4v) is 10.9. The van der Waals surface area contributed by atoms with Crippen LogP contribution in [0, 0.1) is 0 Å². The smallest absolute Gasteiger partial charge is 0.413 e. The number of nitrogens with two attached hydrogens (primary N) is 1. The van der Waals surface area contributed by atoms with Crippen LogP contribution in [0.1, 0.15) is 72.1 Å². The van der Waals surface area contributed by atoms with E-state index in [4.69, 9.17) is 10.5 Å². The number of amides is 1. The van der Waals surface area contributed by atoms with E-state index in [0.29, 0.717) is 0 Å². The maximum Gasteiger partial charge on any atom is 0.413 e. The SMILES string of the molecule is CC(C)(C)OC(=O)NC1=N[C@](C)(c2cc(Br)cs2)CS(=O)(=O)C1(C)C.CC1(C)C(N)=N[C@](C)(c2cc(Br)cs2)CS1(=O)=O. The standard InChI is InChI=1S/C16H23BrN2O4S2.C11H15BrN2O2S2/c1-14(2,3)23-13(20)18-12-15(4,5)25(21,22)9-16(6,19-12)11-7-10(17)8-24-11;1-10(2)9(13)14-11(3,6-18(10,15)16)8-4-7(12)5-17-8/h7-8H,9H2,1-6H3,(H,18,19,20);4-5H,6H2,1-3H3,(H2,13,14)/t16-;11-/m00/s1. The first-order chi connectivity index (χ1) is 19.2. The van der Waals surface area contributed by atoms with E-state index in [1.807, 2.05) is 29.8 Å². The fourth-order valence-electron chi connectivity index (χ4n) is 4.28. The zero-order chi connectivity index (χ0) is 33.0. The average Bonchev–Trinajstić information content (AvgIpc) is 3.44. The molecule has 2 aromatic heterocycles. The highest BCUT2D eigenvalue weighted by molar-refractivity contribution is 9.10. The molecule has 0 spiro atoms. The molecule has 16 heteroatoms. The number of hydrogen-bond donors (Lipinski definition) is 2. The van der Waals surface area contributed by atoms with Crippen LogP contribution in [0.2, 0.25) is 0 Å². The van der Waals surface area contributed by atoms with Crippen molar-refractivity contribution in [1.29, 1.82) is 0 Å². The van der Waals surface area contributed by atoms with Crippen LogP contribution in [-0.2, 0) is 35.5 Å². The second-order valence-electron chi connectivity index (χ2n) is 12.9. The Kier molecular flexibility index (Phi) is 9.91. The molecule has 0 fully saturated rings. The van der Waals surface area contributed by atoms with E-state index in [9.17, 15) is 21.6 Å². The second kappa shape index (κ2) is 11.8. The number of ether oxygens (including phenoxy) is 1. The van der Waals surface area contributed by atoms with Gasteiger partial charge in [-0.25, -0.2) is 21.6 Å². The summed E-state index contributed by atoms with van der Waals surface area (Å²) in [6.45, 7) is 15.1. The summed E-state index contributed by atoms with van der Waals surface area (Å²) < 4.78 is 55.1. The lowest BCUT2D eigenvalue weighted by Crippen LogP contribution is -2.57. The number of hydrogen-bond acceptors (Lipinski definition) is 11. The monoisotopic (exact) mass is 800 g/mol. The van der Waals surface area contributed by atoms with E-state index in [1.165, 1.54) is 22.7 Å². The number of amidine groups is 2. The first kappa shape index (κ1) is 36.1. The zero-order valence-corrected chi connectivity index (χ0v) is 32.0. The quantitative estimate of drug-likeness (QED) is 0.369. The molecule has 4 heterocycles. The van der Waals surface area contributed by atoms with Gasteiger partial charge in [-0.15, -0.1) is 22.7 Å². The van der Waals surface area contributed by atoms with Gasteiger partial charge in [0.05, 0.1) is 11.5 Å². The Bertz CT molecular complexity index is 1690. The van der Waals surface area contributed by atoms with Crippen molar-refractivity contribution in [3.63, 3.8) is 0 Å². The third-order valence-corrected chi connectivity index (χ3v) is 16.5. The van der Waals surface area contributed by atoms with Gasteiger partial charge in [0, 0.05) is 29.5 Å². The molecule has 0 radical (unpaired) electrons. The molecule has 2 aliphatic heterocycles. The van der Waals surface area contributed by atoms with E-state index in [1.54, 1.807) is 55.4 Å². The molecular formula is C27H38Br2N4O6S4. The summed E-state index contributed by atoms with van der Waals surface area (Å²) >= 11 is 9.66. The van der Waals surface area contributed by atoms with Crippen LogP contribution >= 0.6 is 54.5 Å². The van der Waals surface area contributed by atoms with Gasteiger partial charge in [-0.2, -0.15) is 0 Å². The molecule has 10 nitrogen and oxygen atoms in total. The lowest BCUT2D eigenvalue weighted by Gasteiger charge is -2.38. The first-order valence-corrected chi connectivity index (χ1v) is 19.8. The van der Waals surface area contributed by atoms with Crippen molar-refractivity contribution < 1.29 is 26.4 Å². The predicted octanol–water partition coefficient (Wildman–Crippen LogP) is 6.15. The maximum absolute atomic E-state index is 12.9. The van der Waals surface area contributed by atoms with Crippen LogP contribution in [0.5, 0.6) is 0 Å². The van der Waals surface area contributed by atoms with Crippen molar-refractivity contribution in [2.75, 3.05) is 11.5 Å². The zero-order valence-electron chi connectivity index (χ0n) is 25.5. The summed E-state index contributed by atoms with van der Waals surface area (Å²) in [7, 11) is -6.88. The molecule has 0 aromatic carbocycles. The van der Waals surface area contributed by atoms with Crippen LogP contribution in [0.4, 0.5) is 4.79 Å². The minimum atomic E-state index is -3.56. The highest BCUT2D eigenvalue weighted by Gasteiger charge is 2.51. The summed E-state index contributed by atoms with van der Waals surface area (Å²) in [5.41, 5.74) is 3.44. The Morgan fingerprint density at radius 3 is 1.65 bits per heavy atom. The van der Waals surface area contributed by atoms with Gasteiger partial charge in [0.25, 0.3) is 0 Å².